The Bertz CT molecular complexity index is 560. The van der Waals surface area contributed by atoms with Gasteiger partial charge in [0.15, 0.2) is 0 Å². The van der Waals surface area contributed by atoms with Gasteiger partial charge in [0.1, 0.15) is 4.90 Å². The van der Waals surface area contributed by atoms with Gasteiger partial charge in [-0.2, -0.15) is 4.31 Å². The molecule has 0 spiro atoms. The molecular formula is C14H24N2O4S. The van der Waals surface area contributed by atoms with Crippen molar-refractivity contribution in [2.24, 2.45) is 0 Å². The highest BCUT2D eigenvalue weighted by Gasteiger charge is 2.36. The second kappa shape index (κ2) is 6.48. The Morgan fingerprint density at radius 1 is 1.43 bits per heavy atom. The van der Waals surface area contributed by atoms with Crippen LogP contribution in [0.2, 0.25) is 0 Å². The first kappa shape index (κ1) is 16.5. The molecular weight excluding hydrogens is 292 g/mol. The van der Waals surface area contributed by atoms with E-state index in [1.165, 1.54) is 4.31 Å². The van der Waals surface area contributed by atoms with Gasteiger partial charge in [0.2, 0.25) is 10.0 Å². The van der Waals surface area contributed by atoms with Crippen LogP contribution in [0.1, 0.15) is 32.9 Å². The van der Waals surface area contributed by atoms with Gasteiger partial charge >= 0.3 is 0 Å². The molecule has 0 amide bonds. The molecule has 0 aromatic carbocycles. The zero-order valence-corrected chi connectivity index (χ0v) is 13.6. The Morgan fingerprint density at radius 3 is 2.67 bits per heavy atom. The lowest BCUT2D eigenvalue weighted by Crippen LogP contribution is -2.51. The van der Waals surface area contributed by atoms with Crippen LogP contribution in [0.4, 0.5) is 0 Å². The van der Waals surface area contributed by atoms with Gasteiger partial charge in [0.25, 0.3) is 0 Å². The van der Waals surface area contributed by atoms with Crippen LogP contribution in [0.3, 0.4) is 0 Å². The zero-order valence-electron chi connectivity index (χ0n) is 12.8. The van der Waals surface area contributed by atoms with E-state index in [9.17, 15) is 13.5 Å². The molecule has 2 rings (SSSR count). The van der Waals surface area contributed by atoms with E-state index in [4.69, 9.17) is 4.74 Å². The van der Waals surface area contributed by atoms with Crippen LogP contribution in [0.15, 0.2) is 17.2 Å². The fourth-order valence-electron chi connectivity index (χ4n) is 2.66. The molecule has 0 saturated carbocycles. The van der Waals surface area contributed by atoms with E-state index in [0.717, 1.165) is 0 Å². The van der Waals surface area contributed by atoms with Crippen LogP contribution < -0.4 is 0 Å². The Morgan fingerprint density at radius 2 is 2.14 bits per heavy atom. The normalized spacial score (nSPS) is 24.4. The van der Waals surface area contributed by atoms with Crippen LogP contribution in [0.25, 0.3) is 0 Å². The number of sulfonamides is 1. The molecule has 1 fully saturated rings. The Balaban J connectivity index is 2.37. The third-order valence-electron chi connectivity index (χ3n) is 3.96. The smallest absolute Gasteiger partial charge is 0.245 e. The first-order chi connectivity index (χ1) is 9.93. The second-order valence-corrected chi connectivity index (χ2v) is 7.28. The Kier molecular flexibility index (Phi) is 5.08. The molecule has 2 atom stereocenters. The number of hydrogen-bond acceptors (Lipinski definition) is 4. The van der Waals surface area contributed by atoms with E-state index < -0.39 is 10.0 Å². The number of aliphatic hydroxyl groups is 1. The van der Waals surface area contributed by atoms with Gasteiger partial charge in [-0.15, -0.1) is 0 Å². The zero-order chi connectivity index (χ0) is 15.6. The summed E-state index contributed by atoms with van der Waals surface area (Å²) in [7, 11) is -3.56. The number of aliphatic hydroxyl groups excluding tert-OH is 1. The lowest BCUT2D eigenvalue weighted by Gasteiger charge is -2.36. The molecule has 120 valence electrons. The quantitative estimate of drug-likeness (QED) is 0.886. The number of morpholine rings is 1. The Labute approximate surface area is 126 Å². The summed E-state index contributed by atoms with van der Waals surface area (Å²) in [6, 6.07) is 1.43. The van der Waals surface area contributed by atoms with Crippen molar-refractivity contribution in [1.82, 2.24) is 8.87 Å². The summed E-state index contributed by atoms with van der Waals surface area (Å²) >= 11 is 0. The average molecular weight is 316 g/mol. The molecule has 1 aromatic rings. The van der Waals surface area contributed by atoms with Crippen molar-refractivity contribution >= 4 is 10.0 Å². The number of aryl methyl sites for hydroxylation is 1. The van der Waals surface area contributed by atoms with Gasteiger partial charge < -0.3 is 14.4 Å². The monoisotopic (exact) mass is 316 g/mol. The molecule has 1 aliphatic heterocycles. The van der Waals surface area contributed by atoms with Crippen molar-refractivity contribution in [2.45, 2.75) is 57.4 Å². The highest BCUT2D eigenvalue weighted by molar-refractivity contribution is 7.89. The van der Waals surface area contributed by atoms with Crippen molar-refractivity contribution < 1.29 is 18.3 Å². The van der Waals surface area contributed by atoms with E-state index in [1.54, 1.807) is 16.8 Å². The van der Waals surface area contributed by atoms with Crippen molar-refractivity contribution in [3.05, 3.63) is 18.0 Å². The lowest BCUT2D eigenvalue weighted by atomic mass is 10.2. The number of hydrogen-bond donors (Lipinski definition) is 1. The maximum atomic E-state index is 12.9. The molecule has 1 aliphatic rings. The first-order valence-electron chi connectivity index (χ1n) is 7.37. The summed E-state index contributed by atoms with van der Waals surface area (Å²) in [5.41, 5.74) is 0.616. The number of ether oxygens (including phenoxy) is 1. The minimum absolute atomic E-state index is 0.104. The highest BCUT2D eigenvalue weighted by atomic mass is 32.2. The third kappa shape index (κ3) is 3.15. The van der Waals surface area contributed by atoms with Crippen LogP contribution >= 0.6 is 0 Å². The average Bonchev–Trinajstić information content (AvgIpc) is 2.91. The molecule has 2 unspecified atom stereocenters. The molecule has 0 bridgehead atoms. The summed E-state index contributed by atoms with van der Waals surface area (Å²) in [5, 5.41) is 9.33. The van der Waals surface area contributed by atoms with Gasteiger partial charge in [-0.3, -0.25) is 0 Å². The van der Waals surface area contributed by atoms with Crippen LogP contribution in [-0.2, 0) is 27.9 Å². The number of rotatable bonds is 5. The molecule has 1 saturated heterocycles. The summed E-state index contributed by atoms with van der Waals surface area (Å²) in [6.45, 7) is 7.02. The fourth-order valence-corrected chi connectivity index (χ4v) is 4.48. The summed E-state index contributed by atoms with van der Waals surface area (Å²) in [6.07, 6.45) is 2.22. The molecule has 6 nitrogen and oxygen atoms in total. The topological polar surface area (TPSA) is 71.8 Å². The van der Waals surface area contributed by atoms with Crippen molar-refractivity contribution in [2.75, 3.05) is 13.2 Å². The third-order valence-corrected chi connectivity index (χ3v) is 5.84. The SMILES string of the molecule is CCC1COC(C)CN1S(=O)(=O)c1cc(CO)n(CC)c1. The van der Waals surface area contributed by atoms with E-state index in [2.05, 4.69) is 0 Å². The summed E-state index contributed by atoms with van der Waals surface area (Å²) in [4.78, 5) is 0.251. The largest absolute Gasteiger partial charge is 0.390 e. The molecule has 7 heteroatoms. The molecule has 21 heavy (non-hydrogen) atoms. The first-order valence-corrected chi connectivity index (χ1v) is 8.81. The van der Waals surface area contributed by atoms with Crippen molar-refractivity contribution in [1.29, 1.82) is 0 Å². The van der Waals surface area contributed by atoms with Gasteiger partial charge in [-0.1, -0.05) is 6.92 Å². The van der Waals surface area contributed by atoms with Gasteiger partial charge in [-0.05, 0) is 26.3 Å². The molecule has 2 heterocycles. The molecule has 1 aromatic heterocycles. The van der Waals surface area contributed by atoms with E-state index in [1.807, 2.05) is 20.8 Å². The maximum Gasteiger partial charge on any atom is 0.245 e. The standard InChI is InChI=1S/C14H24N2O4S/c1-4-12-10-20-11(3)7-16(12)21(18,19)14-6-13(9-17)15(5-2)8-14/h6,8,11-12,17H,4-5,7,9-10H2,1-3H3. The predicted molar refractivity (Wildman–Crippen MR) is 79.4 cm³/mol. The number of nitrogens with zero attached hydrogens (tertiary/aromatic N) is 2. The number of aromatic nitrogens is 1. The van der Waals surface area contributed by atoms with E-state index >= 15 is 0 Å². The highest BCUT2D eigenvalue weighted by Crippen LogP contribution is 2.25. The Hall–Kier alpha value is -0.890. The van der Waals surface area contributed by atoms with E-state index in [0.29, 0.717) is 31.8 Å². The van der Waals surface area contributed by atoms with E-state index in [-0.39, 0.29) is 23.6 Å². The van der Waals surface area contributed by atoms with Gasteiger partial charge in [-0.25, -0.2) is 8.42 Å². The van der Waals surface area contributed by atoms with Gasteiger partial charge in [0, 0.05) is 31.0 Å². The van der Waals surface area contributed by atoms with Crippen molar-refractivity contribution in [3.8, 4) is 0 Å². The molecule has 0 radical (unpaired) electrons. The summed E-state index contributed by atoms with van der Waals surface area (Å²) in [5.74, 6) is 0. The fraction of sp³-hybridized carbons (Fsp3) is 0.714. The molecule has 1 N–H and O–H groups in total. The van der Waals surface area contributed by atoms with Crippen LogP contribution in [0, 0.1) is 0 Å². The summed E-state index contributed by atoms with van der Waals surface area (Å²) < 4.78 is 34.6. The van der Waals surface area contributed by atoms with Crippen LogP contribution in [0.5, 0.6) is 0 Å². The maximum absolute atomic E-state index is 12.9. The minimum Gasteiger partial charge on any atom is -0.390 e. The lowest BCUT2D eigenvalue weighted by molar-refractivity contribution is -0.0230. The molecule has 0 aliphatic carbocycles. The minimum atomic E-state index is -3.56. The van der Waals surface area contributed by atoms with Gasteiger partial charge in [0.05, 0.1) is 19.3 Å². The van der Waals surface area contributed by atoms with Crippen LogP contribution in [-0.4, -0.2) is 47.7 Å². The predicted octanol–water partition coefficient (Wildman–Crippen LogP) is 1.19. The van der Waals surface area contributed by atoms with Crippen molar-refractivity contribution in [3.63, 3.8) is 0 Å². The second-order valence-electron chi connectivity index (χ2n) is 5.39.